The Hall–Kier alpha value is -1.92. The summed E-state index contributed by atoms with van der Waals surface area (Å²) < 4.78 is 38.0. The van der Waals surface area contributed by atoms with Crippen molar-refractivity contribution in [2.24, 2.45) is 0 Å². The van der Waals surface area contributed by atoms with E-state index in [0.717, 1.165) is 17.2 Å². The molecule has 1 N–H and O–H groups in total. The fraction of sp³-hybridized carbons (Fsp3) is 0.235. The maximum Gasteiger partial charge on any atom is 0.239 e. The van der Waals surface area contributed by atoms with Crippen LogP contribution in [-0.2, 0) is 20.4 Å². The average molecular weight is 370 g/mol. The second-order valence-corrected chi connectivity index (χ2v) is 8.05. The summed E-state index contributed by atoms with van der Waals surface area (Å²) in [6, 6.07) is 9.21. The number of benzene rings is 2. The fourth-order valence-electron chi connectivity index (χ4n) is 2.16. The first-order valence-corrected chi connectivity index (χ1v) is 9.38. The molecule has 7 heteroatoms. The van der Waals surface area contributed by atoms with Crippen molar-refractivity contribution >= 4 is 33.0 Å². The quantitative estimate of drug-likeness (QED) is 0.875. The Labute approximate surface area is 145 Å². The molecule has 0 spiro atoms. The smallest absolute Gasteiger partial charge is 0.239 e. The standard InChI is InChI=1S/C17H17ClFNO3S/c1-11-6-7-13(8-12(11)2)20-17(21)10-24(22,23)9-14-15(18)4-3-5-16(14)19/h3-8H,9-10H2,1-2H3,(H,20,21). The van der Waals surface area contributed by atoms with E-state index in [2.05, 4.69) is 5.32 Å². The molecule has 0 saturated carbocycles. The van der Waals surface area contributed by atoms with E-state index in [1.165, 1.54) is 12.1 Å². The molecule has 0 unspecified atom stereocenters. The van der Waals surface area contributed by atoms with E-state index < -0.39 is 33.1 Å². The third-order valence-corrected chi connectivity index (χ3v) is 5.35. The molecule has 2 aromatic rings. The zero-order chi connectivity index (χ0) is 17.9. The number of hydrogen-bond acceptors (Lipinski definition) is 3. The lowest BCUT2D eigenvalue weighted by Gasteiger charge is -2.09. The lowest BCUT2D eigenvalue weighted by molar-refractivity contribution is -0.113. The highest BCUT2D eigenvalue weighted by molar-refractivity contribution is 7.91. The second-order valence-electron chi connectivity index (χ2n) is 5.58. The highest BCUT2D eigenvalue weighted by atomic mass is 35.5. The van der Waals surface area contributed by atoms with E-state index in [-0.39, 0.29) is 10.6 Å². The lowest BCUT2D eigenvalue weighted by Crippen LogP contribution is -2.24. The molecule has 24 heavy (non-hydrogen) atoms. The monoisotopic (exact) mass is 369 g/mol. The van der Waals surface area contributed by atoms with E-state index in [9.17, 15) is 17.6 Å². The van der Waals surface area contributed by atoms with Gasteiger partial charge < -0.3 is 5.32 Å². The van der Waals surface area contributed by atoms with Crippen molar-refractivity contribution in [3.63, 3.8) is 0 Å². The van der Waals surface area contributed by atoms with Gasteiger partial charge in [-0.05, 0) is 49.2 Å². The molecule has 0 saturated heterocycles. The summed E-state index contributed by atoms with van der Waals surface area (Å²) in [7, 11) is -3.85. The molecule has 2 rings (SSSR count). The maximum absolute atomic E-state index is 13.7. The fourth-order valence-corrected chi connectivity index (χ4v) is 3.77. The first kappa shape index (κ1) is 18.4. The minimum absolute atomic E-state index is 0.0214. The predicted molar refractivity (Wildman–Crippen MR) is 93.4 cm³/mol. The Morgan fingerprint density at radius 2 is 1.88 bits per heavy atom. The summed E-state index contributed by atoms with van der Waals surface area (Å²) >= 11 is 5.83. The van der Waals surface area contributed by atoms with Crippen LogP contribution in [0.4, 0.5) is 10.1 Å². The van der Waals surface area contributed by atoms with Crippen LogP contribution >= 0.6 is 11.6 Å². The zero-order valence-corrected chi connectivity index (χ0v) is 14.8. The predicted octanol–water partition coefficient (Wildman–Crippen LogP) is 3.65. The van der Waals surface area contributed by atoms with Gasteiger partial charge in [0.1, 0.15) is 11.6 Å². The van der Waals surface area contributed by atoms with Gasteiger partial charge in [-0.25, -0.2) is 12.8 Å². The Morgan fingerprint density at radius 3 is 2.50 bits per heavy atom. The molecular formula is C17H17ClFNO3S. The SMILES string of the molecule is Cc1ccc(NC(=O)CS(=O)(=O)Cc2c(F)cccc2Cl)cc1C. The van der Waals surface area contributed by atoms with Gasteiger partial charge in [-0.1, -0.05) is 23.7 Å². The van der Waals surface area contributed by atoms with Crippen molar-refractivity contribution in [1.29, 1.82) is 0 Å². The van der Waals surface area contributed by atoms with Crippen molar-refractivity contribution in [3.8, 4) is 0 Å². The largest absolute Gasteiger partial charge is 0.325 e. The molecule has 0 aliphatic rings. The lowest BCUT2D eigenvalue weighted by atomic mass is 10.1. The Balaban J connectivity index is 2.08. The van der Waals surface area contributed by atoms with Crippen LogP contribution in [0, 0.1) is 19.7 Å². The van der Waals surface area contributed by atoms with Gasteiger partial charge in [-0.2, -0.15) is 0 Å². The number of anilines is 1. The number of carbonyl (C=O) groups is 1. The van der Waals surface area contributed by atoms with E-state index in [1.807, 2.05) is 19.9 Å². The summed E-state index contributed by atoms with van der Waals surface area (Å²) in [5.74, 6) is -2.75. The van der Waals surface area contributed by atoms with Gasteiger partial charge in [0.15, 0.2) is 9.84 Å². The molecule has 0 bridgehead atoms. The van der Waals surface area contributed by atoms with Crippen LogP contribution in [0.1, 0.15) is 16.7 Å². The number of sulfone groups is 1. The third kappa shape index (κ3) is 4.79. The number of rotatable bonds is 5. The van der Waals surface area contributed by atoms with Crippen molar-refractivity contribution in [3.05, 3.63) is 63.9 Å². The van der Waals surface area contributed by atoms with Crippen molar-refractivity contribution in [2.75, 3.05) is 11.1 Å². The summed E-state index contributed by atoms with van der Waals surface area (Å²) in [5, 5.41) is 2.56. The molecule has 2 aromatic carbocycles. The first-order valence-electron chi connectivity index (χ1n) is 7.18. The highest BCUT2D eigenvalue weighted by Gasteiger charge is 2.21. The van der Waals surface area contributed by atoms with E-state index >= 15 is 0 Å². The molecule has 0 aliphatic carbocycles. The molecule has 1 amide bonds. The minimum Gasteiger partial charge on any atom is -0.325 e. The molecule has 0 aliphatic heterocycles. The molecule has 128 valence electrons. The molecule has 0 fully saturated rings. The van der Waals surface area contributed by atoms with E-state index in [0.29, 0.717) is 5.69 Å². The normalized spacial score (nSPS) is 11.3. The van der Waals surface area contributed by atoms with Crippen LogP contribution in [0.15, 0.2) is 36.4 Å². The summed E-state index contributed by atoms with van der Waals surface area (Å²) in [4.78, 5) is 12.0. The molecule has 0 aromatic heterocycles. The molecule has 4 nitrogen and oxygen atoms in total. The van der Waals surface area contributed by atoms with Gasteiger partial charge in [0.2, 0.25) is 5.91 Å². The van der Waals surface area contributed by atoms with E-state index in [4.69, 9.17) is 11.6 Å². The van der Waals surface area contributed by atoms with Crippen molar-refractivity contribution in [2.45, 2.75) is 19.6 Å². The van der Waals surface area contributed by atoms with Gasteiger partial charge in [-0.3, -0.25) is 4.79 Å². The van der Waals surface area contributed by atoms with Gasteiger partial charge in [0.25, 0.3) is 0 Å². The minimum atomic E-state index is -3.85. The Kier molecular flexibility index (Phi) is 5.62. The summed E-state index contributed by atoms with van der Waals surface area (Å²) in [6.07, 6.45) is 0. The molecular weight excluding hydrogens is 353 g/mol. The third-order valence-electron chi connectivity index (χ3n) is 3.57. The second kappa shape index (κ2) is 7.32. The van der Waals surface area contributed by atoms with Crippen LogP contribution in [0.5, 0.6) is 0 Å². The van der Waals surface area contributed by atoms with Gasteiger partial charge in [-0.15, -0.1) is 0 Å². The van der Waals surface area contributed by atoms with Gasteiger partial charge >= 0.3 is 0 Å². The van der Waals surface area contributed by atoms with Crippen LogP contribution in [0.25, 0.3) is 0 Å². The average Bonchev–Trinajstić information content (AvgIpc) is 2.46. The van der Waals surface area contributed by atoms with Crippen molar-refractivity contribution in [1.82, 2.24) is 0 Å². The van der Waals surface area contributed by atoms with E-state index in [1.54, 1.807) is 12.1 Å². The molecule has 0 atom stereocenters. The molecule has 0 radical (unpaired) electrons. The Bertz CT molecular complexity index is 861. The number of aryl methyl sites for hydroxylation is 2. The van der Waals surface area contributed by atoms with Gasteiger partial charge in [0, 0.05) is 16.3 Å². The summed E-state index contributed by atoms with van der Waals surface area (Å²) in [6.45, 7) is 3.82. The number of carbonyl (C=O) groups excluding carboxylic acids is 1. The topological polar surface area (TPSA) is 63.2 Å². The Morgan fingerprint density at radius 1 is 1.17 bits per heavy atom. The van der Waals surface area contributed by atoms with Crippen LogP contribution in [-0.4, -0.2) is 20.1 Å². The van der Waals surface area contributed by atoms with Crippen LogP contribution in [0.2, 0.25) is 5.02 Å². The summed E-state index contributed by atoms with van der Waals surface area (Å²) in [5.41, 5.74) is 2.43. The number of halogens is 2. The highest BCUT2D eigenvalue weighted by Crippen LogP contribution is 2.22. The number of hydrogen-bond donors (Lipinski definition) is 1. The maximum atomic E-state index is 13.7. The molecule has 0 heterocycles. The first-order chi connectivity index (χ1) is 11.2. The van der Waals surface area contributed by atoms with Crippen molar-refractivity contribution < 1.29 is 17.6 Å². The number of amides is 1. The number of nitrogens with one attached hydrogen (secondary N) is 1. The van der Waals surface area contributed by atoms with Crippen LogP contribution in [0.3, 0.4) is 0 Å². The zero-order valence-electron chi connectivity index (χ0n) is 13.3. The van der Waals surface area contributed by atoms with Crippen LogP contribution < -0.4 is 5.32 Å². The van der Waals surface area contributed by atoms with Gasteiger partial charge in [0.05, 0.1) is 5.75 Å².